The molecule has 0 aromatic carbocycles. The number of hydrogen-bond acceptors (Lipinski definition) is 5. The number of esters is 1. The van der Waals surface area contributed by atoms with Crippen LogP contribution in [0.1, 0.15) is 52.4 Å². The van der Waals surface area contributed by atoms with E-state index >= 15 is 0 Å². The average Bonchev–Trinajstić information content (AvgIpc) is 2.79. The number of carbonyl (C=O) groups is 4. The maximum atomic E-state index is 12.6. The Morgan fingerprint density at radius 3 is 2.64 bits per heavy atom. The summed E-state index contributed by atoms with van der Waals surface area (Å²) < 4.78 is 4.80. The van der Waals surface area contributed by atoms with Crippen molar-refractivity contribution < 1.29 is 23.9 Å². The summed E-state index contributed by atoms with van der Waals surface area (Å²) >= 11 is 0. The van der Waals surface area contributed by atoms with E-state index in [-0.39, 0.29) is 24.8 Å². The van der Waals surface area contributed by atoms with Gasteiger partial charge in [-0.25, -0.2) is 4.79 Å². The molecule has 2 rings (SSSR count). The topological polar surface area (TPSA) is 105 Å². The summed E-state index contributed by atoms with van der Waals surface area (Å²) in [6.07, 6.45) is 3.69. The number of ether oxygens (including phenoxy) is 1. The van der Waals surface area contributed by atoms with Crippen LogP contribution in [0.5, 0.6) is 0 Å². The highest BCUT2D eigenvalue weighted by molar-refractivity contribution is 6.09. The van der Waals surface area contributed by atoms with Gasteiger partial charge in [-0.05, 0) is 44.9 Å². The SMILES string of the molecule is CCOC(=O)CCCNC(=O)CN1C(=O)NC2(CCC(C)CC2)C1=O. The predicted octanol–water partition coefficient (Wildman–Crippen LogP) is 0.947. The van der Waals surface area contributed by atoms with Crippen molar-refractivity contribution in [3.8, 4) is 0 Å². The Labute approximate surface area is 147 Å². The third-order valence-electron chi connectivity index (χ3n) is 4.86. The Balaban J connectivity index is 1.78. The molecule has 25 heavy (non-hydrogen) atoms. The average molecular weight is 353 g/mol. The first-order chi connectivity index (χ1) is 11.9. The highest BCUT2D eigenvalue weighted by Gasteiger charge is 2.52. The molecule has 1 heterocycles. The number of amides is 4. The van der Waals surface area contributed by atoms with E-state index in [4.69, 9.17) is 4.74 Å². The minimum Gasteiger partial charge on any atom is -0.466 e. The van der Waals surface area contributed by atoms with E-state index < -0.39 is 17.5 Å². The first kappa shape index (κ1) is 19.2. The van der Waals surface area contributed by atoms with Crippen LogP contribution in [0.3, 0.4) is 0 Å². The molecule has 0 atom stereocenters. The van der Waals surface area contributed by atoms with Gasteiger partial charge in [0.2, 0.25) is 5.91 Å². The number of imide groups is 1. The second-order valence-corrected chi connectivity index (χ2v) is 6.84. The van der Waals surface area contributed by atoms with Gasteiger partial charge < -0.3 is 15.4 Å². The van der Waals surface area contributed by atoms with Gasteiger partial charge in [-0.3, -0.25) is 19.3 Å². The molecule has 0 aromatic rings. The number of urea groups is 1. The zero-order chi connectivity index (χ0) is 18.4. The van der Waals surface area contributed by atoms with Gasteiger partial charge >= 0.3 is 12.0 Å². The highest BCUT2D eigenvalue weighted by Crippen LogP contribution is 2.36. The molecule has 1 spiro atoms. The minimum atomic E-state index is -0.826. The molecular formula is C17H27N3O5. The van der Waals surface area contributed by atoms with Crippen molar-refractivity contribution in [1.29, 1.82) is 0 Å². The molecule has 0 unspecified atom stereocenters. The van der Waals surface area contributed by atoms with E-state index in [0.717, 1.165) is 17.7 Å². The van der Waals surface area contributed by atoms with Gasteiger partial charge in [0.05, 0.1) is 6.61 Å². The monoisotopic (exact) mass is 353 g/mol. The zero-order valence-electron chi connectivity index (χ0n) is 14.9. The van der Waals surface area contributed by atoms with Crippen molar-refractivity contribution in [3.63, 3.8) is 0 Å². The lowest BCUT2D eigenvalue weighted by atomic mass is 9.77. The number of nitrogens with one attached hydrogen (secondary N) is 2. The van der Waals surface area contributed by atoms with Gasteiger partial charge in [-0.1, -0.05) is 6.92 Å². The van der Waals surface area contributed by atoms with Crippen molar-refractivity contribution in [2.75, 3.05) is 19.7 Å². The van der Waals surface area contributed by atoms with Gasteiger partial charge in [-0.2, -0.15) is 0 Å². The fourth-order valence-corrected chi connectivity index (χ4v) is 3.31. The molecule has 2 aliphatic rings. The van der Waals surface area contributed by atoms with Crippen molar-refractivity contribution in [2.45, 2.75) is 57.9 Å². The molecule has 8 heteroatoms. The Morgan fingerprint density at radius 2 is 2.00 bits per heavy atom. The third kappa shape index (κ3) is 4.70. The summed E-state index contributed by atoms with van der Waals surface area (Å²) in [5, 5.41) is 5.41. The largest absolute Gasteiger partial charge is 0.466 e. The summed E-state index contributed by atoms with van der Waals surface area (Å²) in [4.78, 5) is 48.9. The van der Waals surface area contributed by atoms with E-state index in [9.17, 15) is 19.2 Å². The molecule has 1 aliphatic carbocycles. The van der Waals surface area contributed by atoms with E-state index in [1.807, 2.05) is 0 Å². The van der Waals surface area contributed by atoms with Crippen LogP contribution in [0.4, 0.5) is 4.79 Å². The minimum absolute atomic E-state index is 0.221. The summed E-state index contributed by atoms with van der Waals surface area (Å²) in [6.45, 7) is 4.20. The zero-order valence-corrected chi connectivity index (χ0v) is 14.9. The Kier molecular flexibility index (Phi) is 6.39. The van der Waals surface area contributed by atoms with Crippen LogP contribution >= 0.6 is 0 Å². The van der Waals surface area contributed by atoms with Crippen LogP contribution in [0, 0.1) is 5.92 Å². The van der Waals surface area contributed by atoms with E-state index in [0.29, 0.717) is 38.3 Å². The predicted molar refractivity (Wildman–Crippen MR) is 89.5 cm³/mol. The molecular weight excluding hydrogens is 326 g/mol. The van der Waals surface area contributed by atoms with Gasteiger partial charge in [0.15, 0.2) is 0 Å². The molecule has 8 nitrogen and oxygen atoms in total. The molecule has 2 N–H and O–H groups in total. The molecule has 2 fully saturated rings. The normalized spacial score (nSPS) is 25.8. The van der Waals surface area contributed by atoms with Crippen LogP contribution in [-0.2, 0) is 19.1 Å². The van der Waals surface area contributed by atoms with Crippen LogP contribution in [-0.4, -0.2) is 54.0 Å². The number of nitrogens with zero attached hydrogens (tertiary/aromatic N) is 1. The number of rotatable bonds is 7. The summed E-state index contributed by atoms with van der Waals surface area (Å²) in [5.41, 5.74) is -0.826. The molecule has 0 radical (unpaired) electrons. The highest BCUT2D eigenvalue weighted by atomic mass is 16.5. The molecule has 0 bridgehead atoms. The standard InChI is InChI=1S/C17H27N3O5/c1-3-25-14(22)5-4-10-18-13(21)11-20-15(23)17(19-16(20)24)8-6-12(2)7-9-17/h12H,3-11H2,1-2H3,(H,18,21)(H,19,24). The molecule has 1 saturated heterocycles. The van der Waals surface area contributed by atoms with Gasteiger partial charge in [0.1, 0.15) is 12.1 Å². The summed E-state index contributed by atoms with van der Waals surface area (Å²) in [6, 6.07) is -0.499. The number of carbonyl (C=O) groups excluding carboxylic acids is 4. The van der Waals surface area contributed by atoms with Gasteiger partial charge in [-0.15, -0.1) is 0 Å². The quantitative estimate of drug-likeness (QED) is 0.403. The van der Waals surface area contributed by atoms with Crippen LogP contribution < -0.4 is 10.6 Å². The summed E-state index contributed by atoms with van der Waals surface area (Å²) in [7, 11) is 0. The van der Waals surface area contributed by atoms with E-state index in [2.05, 4.69) is 17.6 Å². The fourth-order valence-electron chi connectivity index (χ4n) is 3.31. The van der Waals surface area contributed by atoms with Crippen molar-refractivity contribution >= 4 is 23.8 Å². The van der Waals surface area contributed by atoms with Crippen molar-refractivity contribution in [3.05, 3.63) is 0 Å². The lowest BCUT2D eigenvalue weighted by Gasteiger charge is -2.33. The maximum Gasteiger partial charge on any atom is 0.325 e. The third-order valence-corrected chi connectivity index (χ3v) is 4.86. The van der Waals surface area contributed by atoms with E-state index in [1.165, 1.54) is 0 Å². The smallest absolute Gasteiger partial charge is 0.325 e. The van der Waals surface area contributed by atoms with Crippen molar-refractivity contribution in [2.24, 2.45) is 5.92 Å². The Morgan fingerprint density at radius 1 is 1.32 bits per heavy atom. The van der Waals surface area contributed by atoms with Crippen LogP contribution in [0.25, 0.3) is 0 Å². The molecule has 0 aromatic heterocycles. The second-order valence-electron chi connectivity index (χ2n) is 6.84. The summed E-state index contributed by atoms with van der Waals surface area (Å²) in [5.74, 6) is -0.467. The van der Waals surface area contributed by atoms with Crippen molar-refractivity contribution in [1.82, 2.24) is 15.5 Å². The molecule has 4 amide bonds. The van der Waals surface area contributed by atoms with Gasteiger partial charge in [0.25, 0.3) is 5.91 Å². The second kappa shape index (κ2) is 8.31. The maximum absolute atomic E-state index is 12.6. The first-order valence-corrected chi connectivity index (χ1v) is 8.94. The van der Waals surface area contributed by atoms with Gasteiger partial charge in [0, 0.05) is 13.0 Å². The first-order valence-electron chi connectivity index (χ1n) is 8.94. The molecule has 1 saturated carbocycles. The lowest BCUT2D eigenvalue weighted by molar-refractivity contribution is -0.143. The number of hydrogen-bond donors (Lipinski definition) is 2. The van der Waals surface area contributed by atoms with Crippen LogP contribution in [0.2, 0.25) is 0 Å². The lowest BCUT2D eigenvalue weighted by Crippen LogP contribution is -2.49. The Hall–Kier alpha value is -2.12. The fraction of sp³-hybridized carbons (Fsp3) is 0.765. The molecule has 140 valence electrons. The van der Waals surface area contributed by atoms with Crippen LogP contribution in [0.15, 0.2) is 0 Å². The Bertz CT molecular complexity index is 540. The molecule has 1 aliphatic heterocycles. The van der Waals surface area contributed by atoms with E-state index in [1.54, 1.807) is 6.92 Å².